The Morgan fingerprint density at radius 1 is 0.543 bits per heavy atom. The van der Waals surface area contributed by atoms with Crippen molar-refractivity contribution in [3.63, 3.8) is 0 Å². The molecule has 35 heavy (non-hydrogen) atoms. The number of nitrogens with zero attached hydrogens (tertiary/aromatic N) is 2. The second-order valence-corrected chi connectivity index (χ2v) is 11.2. The minimum absolute atomic E-state index is 0.286. The van der Waals surface area contributed by atoms with E-state index in [9.17, 15) is 0 Å². The Labute approximate surface area is 208 Å². The number of aromatic nitrogens is 2. The molecule has 0 atom stereocenters. The van der Waals surface area contributed by atoms with Crippen LogP contribution in [-0.2, 0) is 0 Å². The minimum atomic E-state index is 0.286. The van der Waals surface area contributed by atoms with Crippen LogP contribution in [0.5, 0.6) is 0 Å². The summed E-state index contributed by atoms with van der Waals surface area (Å²) in [6.07, 6.45) is 2.20. The first-order chi connectivity index (χ1) is 17.4. The van der Waals surface area contributed by atoms with E-state index >= 15 is 0 Å². The van der Waals surface area contributed by atoms with Crippen LogP contribution in [0, 0.1) is 0 Å². The fraction of sp³-hybridized carbons (Fsp3) is 0. The second-order valence-electron chi connectivity index (χ2n) is 9.02. The van der Waals surface area contributed by atoms with Crippen molar-refractivity contribution >= 4 is 66.5 Å². The third kappa shape index (κ3) is 2.65. The molecule has 3 heteroatoms. The quantitative estimate of drug-likeness (QED) is 0.208. The van der Waals surface area contributed by atoms with Crippen LogP contribution in [0.15, 0.2) is 121 Å². The Bertz CT molecular complexity index is 2050. The average Bonchev–Trinajstić information content (AvgIpc) is 3.60. The van der Waals surface area contributed by atoms with Gasteiger partial charge in [0.15, 0.2) is 0 Å². The molecule has 3 aromatic heterocycles. The van der Waals surface area contributed by atoms with Crippen LogP contribution >= 0.6 is 0 Å². The van der Waals surface area contributed by atoms with E-state index in [1.807, 2.05) is 0 Å². The maximum absolute atomic E-state index is 2.50. The van der Waals surface area contributed by atoms with Gasteiger partial charge in [-0.05, 0) is 0 Å². The van der Waals surface area contributed by atoms with E-state index in [4.69, 9.17) is 0 Å². The molecule has 0 N–H and O–H groups in total. The van der Waals surface area contributed by atoms with Crippen LogP contribution in [0.2, 0.25) is 0 Å². The normalized spacial score (nSPS) is 12.0. The van der Waals surface area contributed by atoms with Crippen LogP contribution < -0.4 is 0 Å². The van der Waals surface area contributed by atoms with Crippen LogP contribution in [0.4, 0.5) is 0 Å². The Morgan fingerprint density at radius 2 is 1.31 bits per heavy atom. The van der Waals surface area contributed by atoms with E-state index < -0.39 is 0 Å². The summed E-state index contributed by atoms with van der Waals surface area (Å²) in [6, 6.07) is 42.0. The molecular weight excluding hydrogens is 491 g/mol. The Hall–Kier alpha value is -4.04. The van der Waals surface area contributed by atoms with E-state index in [1.54, 1.807) is 0 Å². The molecule has 0 amide bonds. The van der Waals surface area contributed by atoms with Gasteiger partial charge in [-0.15, -0.1) is 0 Å². The molecule has 0 aliphatic rings. The van der Waals surface area contributed by atoms with Gasteiger partial charge in [-0.1, -0.05) is 0 Å². The predicted molar refractivity (Wildman–Crippen MR) is 150 cm³/mol. The summed E-state index contributed by atoms with van der Waals surface area (Å²) in [5, 5.41) is 6.65. The molecule has 5 aromatic carbocycles. The zero-order chi connectivity index (χ0) is 22.9. The van der Waals surface area contributed by atoms with Crippen molar-refractivity contribution in [1.29, 1.82) is 0 Å². The van der Waals surface area contributed by atoms with Crippen molar-refractivity contribution in [3.8, 4) is 11.4 Å². The van der Waals surface area contributed by atoms with Crippen molar-refractivity contribution in [2.24, 2.45) is 0 Å². The number of rotatable bonds is 2. The molecule has 0 fully saturated rings. The van der Waals surface area contributed by atoms with Gasteiger partial charge in [-0.3, -0.25) is 0 Å². The molecule has 0 saturated carbocycles. The van der Waals surface area contributed by atoms with E-state index in [2.05, 4.69) is 131 Å². The fourth-order valence-electron chi connectivity index (χ4n) is 5.65. The third-order valence-corrected chi connectivity index (χ3v) is 9.68. The molecule has 164 valence electrons. The molecule has 0 unspecified atom stereocenters. The summed E-state index contributed by atoms with van der Waals surface area (Å²) in [5.41, 5.74) is 6.28. The second kappa shape index (κ2) is 7.23. The van der Waals surface area contributed by atoms with Gasteiger partial charge in [0.2, 0.25) is 0 Å². The Balaban J connectivity index is 1.56. The summed E-state index contributed by atoms with van der Waals surface area (Å²) in [7, 11) is 0. The summed E-state index contributed by atoms with van der Waals surface area (Å²) in [5.74, 6) is 0. The maximum atomic E-state index is 2.50. The van der Waals surface area contributed by atoms with Gasteiger partial charge < -0.3 is 0 Å². The molecular formula is C32H20N2Se. The molecule has 2 nitrogen and oxygen atoms in total. The molecule has 0 aliphatic carbocycles. The number of para-hydroxylation sites is 2. The number of hydrogen-bond acceptors (Lipinski definition) is 0. The van der Waals surface area contributed by atoms with Crippen molar-refractivity contribution in [1.82, 2.24) is 9.13 Å². The standard InChI is InChI=1S/C32H20N2Se/c1-2-9-22(10-3-1)33-20-19-21-17-18-27-30(31(21)33)25-12-4-6-14-26(25)34(27)28-15-8-13-24-23-11-5-7-16-29(23)35-32(24)28/h1-20H. The van der Waals surface area contributed by atoms with Gasteiger partial charge >= 0.3 is 208 Å². The van der Waals surface area contributed by atoms with Crippen LogP contribution in [-0.4, -0.2) is 23.6 Å². The van der Waals surface area contributed by atoms with Crippen molar-refractivity contribution in [2.75, 3.05) is 0 Å². The molecule has 0 aliphatic heterocycles. The van der Waals surface area contributed by atoms with Crippen molar-refractivity contribution < 1.29 is 0 Å². The summed E-state index contributed by atoms with van der Waals surface area (Å²) in [6.45, 7) is 0. The number of benzene rings is 5. The van der Waals surface area contributed by atoms with Gasteiger partial charge in [0, 0.05) is 0 Å². The van der Waals surface area contributed by atoms with Crippen molar-refractivity contribution in [3.05, 3.63) is 121 Å². The Kier molecular flexibility index (Phi) is 3.98. The topological polar surface area (TPSA) is 9.86 Å². The monoisotopic (exact) mass is 512 g/mol. The number of hydrogen-bond donors (Lipinski definition) is 0. The van der Waals surface area contributed by atoms with Crippen LogP contribution in [0.1, 0.15) is 0 Å². The molecule has 3 heterocycles. The van der Waals surface area contributed by atoms with Crippen LogP contribution in [0.25, 0.3) is 63.4 Å². The first-order valence-electron chi connectivity index (χ1n) is 11.9. The molecule has 0 saturated heterocycles. The van der Waals surface area contributed by atoms with Gasteiger partial charge in [-0.25, -0.2) is 0 Å². The first-order valence-corrected chi connectivity index (χ1v) is 13.6. The SMILES string of the molecule is c1ccc(-n2ccc3ccc4c(c5ccccc5n4-c4cccc5c4[se]c4ccccc45)c32)cc1. The molecule has 0 bridgehead atoms. The molecule has 8 rings (SSSR count). The van der Waals surface area contributed by atoms with E-state index in [0.29, 0.717) is 0 Å². The van der Waals surface area contributed by atoms with Gasteiger partial charge in [0.05, 0.1) is 0 Å². The molecule has 0 radical (unpaired) electrons. The van der Waals surface area contributed by atoms with E-state index in [0.717, 1.165) is 0 Å². The van der Waals surface area contributed by atoms with Gasteiger partial charge in [0.25, 0.3) is 0 Å². The predicted octanol–water partition coefficient (Wildman–Crippen LogP) is 8.09. The molecule has 8 aromatic rings. The van der Waals surface area contributed by atoms with Gasteiger partial charge in [-0.2, -0.15) is 0 Å². The molecule has 0 spiro atoms. The van der Waals surface area contributed by atoms with Gasteiger partial charge in [0.1, 0.15) is 0 Å². The first kappa shape index (κ1) is 19.3. The zero-order valence-corrected chi connectivity index (χ0v) is 20.6. The number of fused-ring (bicyclic) bond motifs is 8. The fourth-order valence-corrected chi connectivity index (χ4v) is 8.18. The van der Waals surface area contributed by atoms with E-state index in [1.165, 1.54) is 63.4 Å². The van der Waals surface area contributed by atoms with E-state index in [-0.39, 0.29) is 14.5 Å². The van der Waals surface area contributed by atoms with Crippen LogP contribution in [0.3, 0.4) is 0 Å². The third-order valence-electron chi connectivity index (χ3n) is 7.15. The Morgan fingerprint density at radius 3 is 2.23 bits per heavy atom. The summed E-state index contributed by atoms with van der Waals surface area (Å²) < 4.78 is 7.79. The average molecular weight is 511 g/mol. The summed E-state index contributed by atoms with van der Waals surface area (Å²) >= 11 is 0.286. The summed E-state index contributed by atoms with van der Waals surface area (Å²) in [4.78, 5) is 0. The zero-order valence-electron chi connectivity index (χ0n) is 18.8. The van der Waals surface area contributed by atoms with Crippen molar-refractivity contribution in [2.45, 2.75) is 0 Å².